The predicted octanol–water partition coefficient (Wildman–Crippen LogP) is 5.03. The van der Waals surface area contributed by atoms with E-state index >= 15 is 0 Å². The van der Waals surface area contributed by atoms with Crippen molar-refractivity contribution in [3.05, 3.63) is 70.2 Å². The molecule has 0 bridgehead atoms. The molecule has 0 fully saturated rings. The van der Waals surface area contributed by atoms with Gasteiger partial charge in [-0.1, -0.05) is 18.2 Å². The first kappa shape index (κ1) is 21.5. The first-order chi connectivity index (χ1) is 15.2. The fourth-order valence-electron chi connectivity index (χ4n) is 3.03. The molecule has 0 spiro atoms. The second-order valence-electron chi connectivity index (χ2n) is 6.98. The predicted molar refractivity (Wildman–Crippen MR) is 115 cm³/mol. The molecule has 0 aliphatic carbocycles. The van der Waals surface area contributed by atoms with Gasteiger partial charge in [0.05, 0.1) is 28.0 Å². The summed E-state index contributed by atoms with van der Waals surface area (Å²) in [6.45, 7) is 1.51. The number of carbonyl (C=O) groups excluding carboxylic acids is 2. The molecule has 0 radical (unpaired) electrons. The molecule has 2 heterocycles. The van der Waals surface area contributed by atoms with Gasteiger partial charge in [0.15, 0.2) is 0 Å². The number of nitrogens with one attached hydrogen (secondary N) is 3. The maximum Gasteiger partial charge on any atom is 0.416 e. The van der Waals surface area contributed by atoms with Crippen LogP contribution in [0.5, 0.6) is 0 Å². The van der Waals surface area contributed by atoms with Crippen LogP contribution in [0.25, 0.3) is 11.0 Å². The Labute approximate surface area is 183 Å². The maximum absolute atomic E-state index is 12.9. The molecule has 4 aromatic rings. The number of hydrogen-bond donors (Lipinski definition) is 3. The summed E-state index contributed by atoms with van der Waals surface area (Å²) >= 11 is 1.31. The highest BCUT2D eigenvalue weighted by atomic mass is 32.1. The van der Waals surface area contributed by atoms with Gasteiger partial charge in [0.2, 0.25) is 11.9 Å². The fourth-order valence-corrected chi connectivity index (χ4v) is 3.56. The molecule has 0 unspecified atom stereocenters. The summed E-state index contributed by atoms with van der Waals surface area (Å²) in [7, 11) is 0. The monoisotopic (exact) mass is 459 g/mol. The topological polar surface area (TPSA) is 99.8 Å². The third kappa shape index (κ3) is 4.62. The molecule has 1 atom stereocenters. The van der Waals surface area contributed by atoms with Crippen LogP contribution in [0.3, 0.4) is 0 Å². The number of rotatable bonds is 5. The smallest absolute Gasteiger partial charge is 0.324 e. The Morgan fingerprint density at radius 2 is 1.94 bits per heavy atom. The van der Waals surface area contributed by atoms with Crippen LogP contribution in [0, 0.1) is 0 Å². The van der Waals surface area contributed by atoms with Crippen LogP contribution in [0.4, 0.5) is 24.8 Å². The van der Waals surface area contributed by atoms with Crippen molar-refractivity contribution >= 4 is 45.8 Å². The molecule has 0 saturated heterocycles. The Hall–Kier alpha value is -3.73. The number of halogens is 3. The standard InChI is InChI=1S/C21H16F3N5O2S/c1-11(12-3-2-4-13(7-12)21(22,23)24)18(30)29-20-27-15-6-5-14(8-16(15)28-20)26-19(31)17-9-32-10-25-17/h2-11H,1H3,(H,26,31)(H2,27,28,29,30)/t11-/m0/s1. The molecule has 7 nitrogen and oxygen atoms in total. The number of aromatic nitrogens is 3. The van der Waals surface area contributed by atoms with Gasteiger partial charge in [0, 0.05) is 11.1 Å². The zero-order valence-corrected chi connectivity index (χ0v) is 17.3. The highest BCUT2D eigenvalue weighted by molar-refractivity contribution is 7.07. The van der Waals surface area contributed by atoms with Gasteiger partial charge >= 0.3 is 6.18 Å². The summed E-state index contributed by atoms with van der Waals surface area (Å²) in [6.07, 6.45) is -4.49. The number of alkyl halides is 3. The molecule has 0 aliphatic heterocycles. The van der Waals surface area contributed by atoms with E-state index in [2.05, 4.69) is 25.6 Å². The summed E-state index contributed by atoms with van der Waals surface area (Å²) in [5.41, 5.74) is 2.89. The number of thiazole rings is 1. The zero-order chi connectivity index (χ0) is 22.9. The zero-order valence-electron chi connectivity index (χ0n) is 16.5. The number of imidazole rings is 1. The lowest BCUT2D eigenvalue weighted by Gasteiger charge is -2.13. The second kappa shape index (κ2) is 8.42. The minimum absolute atomic E-state index is 0.145. The normalized spacial score (nSPS) is 12.5. The van der Waals surface area contributed by atoms with Gasteiger partial charge in [-0.25, -0.2) is 9.97 Å². The minimum Gasteiger partial charge on any atom is -0.324 e. The lowest BCUT2D eigenvalue weighted by Crippen LogP contribution is -2.20. The van der Waals surface area contributed by atoms with E-state index in [4.69, 9.17) is 0 Å². The van der Waals surface area contributed by atoms with Crippen LogP contribution in [-0.4, -0.2) is 26.8 Å². The summed E-state index contributed by atoms with van der Waals surface area (Å²) < 4.78 is 38.8. The number of carbonyl (C=O) groups is 2. The van der Waals surface area contributed by atoms with Crippen LogP contribution in [-0.2, 0) is 11.0 Å². The van der Waals surface area contributed by atoms with Crippen molar-refractivity contribution in [3.63, 3.8) is 0 Å². The average Bonchev–Trinajstić information content (AvgIpc) is 3.42. The van der Waals surface area contributed by atoms with Crippen molar-refractivity contribution in [2.75, 3.05) is 10.6 Å². The Morgan fingerprint density at radius 3 is 2.66 bits per heavy atom. The third-order valence-electron chi connectivity index (χ3n) is 4.75. The summed E-state index contributed by atoms with van der Waals surface area (Å²) in [5.74, 6) is -1.56. The molecule has 11 heteroatoms. The number of aromatic amines is 1. The number of fused-ring (bicyclic) bond motifs is 1. The van der Waals surface area contributed by atoms with Gasteiger partial charge in [0.1, 0.15) is 5.69 Å². The van der Waals surface area contributed by atoms with E-state index in [-0.39, 0.29) is 17.4 Å². The quantitative estimate of drug-likeness (QED) is 0.390. The van der Waals surface area contributed by atoms with Crippen LogP contribution in [0.1, 0.15) is 34.5 Å². The molecule has 2 aromatic heterocycles. The third-order valence-corrected chi connectivity index (χ3v) is 5.34. The maximum atomic E-state index is 12.9. The van der Waals surface area contributed by atoms with E-state index in [1.807, 2.05) is 0 Å². The number of H-pyrrole nitrogens is 1. The summed E-state index contributed by atoms with van der Waals surface area (Å²) in [6, 6.07) is 9.62. The van der Waals surface area contributed by atoms with E-state index < -0.39 is 23.6 Å². The Bertz CT molecular complexity index is 1280. The highest BCUT2D eigenvalue weighted by Crippen LogP contribution is 2.31. The molecule has 164 valence electrons. The lowest BCUT2D eigenvalue weighted by atomic mass is 9.98. The van der Waals surface area contributed by atoms with E-state index in [0.29, 0.717) is 22.4 Å². The van der Waals surface area contributed by atoms with Crippen molar-refractivity contribution < 1.29 is 22.8 Å². The first-order valence-electron chi connectivity index (χ1n) is 9.38. The van der Waals surface area contributed by atoms with Gasteiger partial charge in [-0.2, -0.15) is 13.2 Å². The van der Waals surface area contributed by atoms with Crippen LogP contribution >= 0.6 is 11.3 Å². The average molecular weight is 459 g/mol. The molecular formula is C21H16F3N5O2S. The minimum atomic E-state index is -4.49. The van der Waals surface area contributed by atoms with Gasteiger partial charge in [-0.05, 0) is 36.8 Å². The van der Waals surface area contributed by atoms with Crippen molar-refractivity contribution in [2.24, 2.45) is 0 Å². The van der Waals surface area contributed by atoms with Crippen LogP contribution in [0.2, 0.25) is 0 Å². The van der Waals surface area contributed by atoms with E-state index in [1.54, 1.807) is 29.1 Å². The SMILES string of the molecule is C[C@H](C(=O)Nc1nc2ccc(NC(=O)c3cscn3)cc2[nH]1)c1cccc(C(F)(F)F)c1. The van der Waals surface area contributed by atoms with Crippen molar-refractivity contribution in [1.82, 2.24) is 15.0 Å². The summed E-state index contributed by atoms with van der Waals surface area (Å²) in [4.78, 5) is 35.9. The molecule has 0 saturated carbocycles. The van der Waals surface area contributed by atoms with Gasteiger partial charge in [-0.15, -0.1) is 11.3 Å². The van der Waals surface area contributed by atoms with Gasteiger partial charge < -0.3 is 10.3 Å². The second-order valence-corrected chi connectivity index (χ2v) is 7.70. The molecule has 2 aromatic carbocycles. The van der Waals surface area contributed by atoms with Crippen molar-refractivity contribution in [2.45, 2.75) is 19.0 Å². The van der Waals surface area contributed by atoms with Crippen molar-refractivity contribution in [1.29, 1.82) is 0 Å². The van der Waals surface area contributed by atoms with E-state index in [9.17, 15) is 22.8 Å². The number of hydrogen-bond acceptors (Lipinski definition) is 5. The highest BCUT2D eigenvalue weighted by Gasteiger charge is 2.31. The van der Waals surface area contributed by atoms with Gasteiger partial charge in [0.25, 0.3) is 5.91 Å². The van der Waals surface area contributed by atoms with Crippen molar-refractivity contribution in [3.8, 4) is 0 Å². The first-order valence-corrected chi connectivity index (χ1v) is 10.3. The molecule has 3 N–H and O–H groups in total. The number of nitrogens with zero attached hydrogens (tertiary/aromatic N) is 2. The fraction of sp³-hybridized carbons (Fsp3) is 0.143. The molecule has 2 amide bonds. The Balaban J connectivity index is 1.48. The molecular weight excluding hydrogens is 443 g/mol. The van der Waals surface area contributed by atoms with E-state index in [0.717, 1.165) is 12.1 Å². The Morgan fingerprint density at radius 1 is 1.12 bits per heavy atom. The summed E-state index contributed by atoms with van der Waals surface area (Å²) in [5, 5.41) is 6.94. The molecule has 32 heavy (non-hydrogen) atoms. The lowest BCUT2D eigenvalue weighted by molar-refractivity contribution is -0.137. The van der Waals surface area contributed by atoms with E-state index in [1.165, 1.54) is 30.4 Å². The van der Waals surface area contributed by atoms with Crippen LogP contribution in [0.15, 0.2) is 53.4 Å². The largest absolute Gasteiger partial charge is 0.416 e. The Kier molecular flexibility index (Phi) is 5.66. The van der Waals surface area contributed by atoms with Crippen LogP contribution < -0.4 is 10.6 Å². The van der Waals surface area contributed by atoms with Gasteiger partial charge in [-0.3, -0.25) is 14.9 Å². The number of benzene rings is 2. The molecule has 4 rings (SSSR count). The number of anilines is 2. The number of amides is 2. The molecule has 0 aliphatic rings.